The van der Waals surface area contributed by atoms with Crippen LogP contribution in [0.3, 0.4) is 0 Å². The fourth-order valence-electron chi connectivity index (χ4n) is 2.08. The summed E-state index contributed by atoms with van der Waals surface area (Å²) < 4.78 is 9.84. The zero-order valence-corrected chi connectivity index (χ0v) is 10.1. The molecular formula is C11H16O5. The highest BCUT2D eigenvalue weighted by atomic mass is 16.5. The van der Waals surface area contributed by atoms with E-state index in [2.05, 4.69) is 4.74 Å². The molecule has 1 rings (SSSR count). The van der Waals surface area contributed by atoms with Gasteiger partial charge in [-0.25, -0.2) is 4.79 Å². The Hall–Kier alpha value is -1.23. The lowest BCUT2D eigenvalue weighted by molar-refractivity contribution is -0.156. The highest BCUT2D eigenvalue weighted by molar-refractivity contribution is 6.39. The molecule has 1 saturated heterocycles. The number of hydrogen-bond acceptors (Lipinski definition) is 5. The first kappa shape index (κ1) is 12.8. The molecule has 1 unspecified atom stereocenters. The summed E-state index contributed by atoms with van der Waals surface area (Å²) in [6.07, 6.45) is 0. The zero-order chi connectivity index (χ0) is 12.7. The van der Waals surface area contributed by atoms with Crippen LogP contribution in [0, 0.1) is 5.92 Å². The van der Waals surface area contributed by atoms with Crippen LogP contribution in [0.2, 0.25) is 0 Å². The van der Waals surface area contributed by atoms with Gasteiger partial charge in [-0.05, 0) is 27.7 Å². The molecule has 1 heterocycles. The van der Waals surface area contributed by atoms with E-state index in [1.165, 1.54) is 0 Å². The summed E-state index contributed by atoms with van der Waals surface area (Å²) in [5.74, 6) is -3.32. The average Bonchev–Trinajstić information content (AvgIpc) is 2.29. The summed E-state index contributed by atoms with van der Waals surface area (Å²) in [5, 5.41) is 0. The van der Waals surface area contributed by atoms with E-state index in [4.69, 9.17) is 4.74 Å². The molecule has 1 aliphatic heterocycles. The fourth-order valence-corrected chi connectivity index (χ4v) is 2.08. The Bertz CT molecular complexity index is 353. The average molecular weight is 228 g/mol. The van der Waals surface area contributed by atoms with Crippen molar-refractivity contribution in [3.63, 3.8) is 0 Å². The summed E-state index contributed by atoms with van der Waals surface area (Å²) in [5.41, 5.74) is -2.02. The molecule has 0 radical (unpaired) electrons. The van der Waals surface area contributed by atoms with Crippen molar-refractivity contribution in [1.82, 2.24) is 0 Å². The first-order valence-corrected chi connectivity index (χ1v) is 5.00. The van der Waals surface area contributed by atoms with Crippen LogP contribution in [0.15, 0.2) is 0 Å². The van der Waals surface area contributed by atoms with E-state index in [-0.39, 0.29) is 5.78 Å². The van der Waals surface area contributed by atoms with Crippen molar-refractivity contribution < 1.29 is 23.9 Å². The van der Waals surface area contributed by atoms with Crippen molar-refractivity contribution in [3.05, 3.63) is 0 Å². The summed E-state index contributed by atoms with van der Waals surface area (Å²) in [6, 6.07) is 0. The molecule has 0 amide bonds. The maximum absolute atomic E-state index is 12.0. The first-order valence-electron chi connectivity index (χ1n) is 5.00. The molecular weight excluding hydrogens is 212 g/mol. The number of methoxy groups -OCH3 is 1. The number of carbonyl (C=O) groups excluding carboxylic acids is 3. The normalized spacial score (nSPS) is 26.6. The Morgan fingerprint density at radius 3 is 2.06 bits per heavy atom. The molecule has 0 spiro atoms. The second kappa shape index (κ2) is 3.66. The van der Waals surface area contributed by atoms with Gasteiger partial charge in [0.15, 0.2) is 5.78 Å². The molecule has 0 aromatic rings. The van der Waals surface area contributed by atoms with Crippen molar-refractivity contribution in [2.24, 2.45) is 5.92 Å². The van der Waals surface area contributed by atoms with Gasteiger partial charge in [0.25, 0.3) is 5.78 Å². The number of carbonyl (C=O) groups is 3. The minimum absolute atomic E-state index is 0.382. The third-order valence-corrected chi connectivity index (χ3v) is 2.72. The summed E-state index contributed by atoms with van der Waals surface area (Å²) in [6.45, 7) is 6.40. The van der Waals surface area contributed by atoms with E-state index < -0.39 is 28.9 Å². The van der Waals surface area contributed by atoms with Crippen LogP contribution in [0.4, 0.5) is 0 Å². The number of ketones is 2. The van der Waals surface area contributed by atoms with Gasteiger partial charge in [-0.3, -0.25) is 9.59 Å². The van der Waals surface area contributed by atoms with Crippen LogP contribution in [-0.4, -0.2) is 35.8 Å². The quantitative estimate of drug-likeness (QED) is 0.391. The standard InChI is InChI=1S/C11H16O5/c1-10(2)6(7(12)9(14)15-5)8(13)11(3,4)16-10/h6H,1-5H3. The maximum Gasteiger partial charge on any atom is 0.375 e. The van der Waals surface area contributed by atoms with Gasteiger partial charge in [0.05, 0.1) is 12.7 Å². The van der Waals surface area contributed by atoms with Gasteiger partial charge >= 0.3 is 5.97 Å². The van der Waals surface area contributed by atoms with Crippen LogP contribution in [-0.2, 0) is 23.9 Å². The molecule has 0 saturated carbocycles. The molecule has 0 aromatic heterocycles. The molecule has 5 heteroatoms. The van der Waals surface area contributed by atoms with Gasteiger partial charge < -0.3 is 9.47 Å². The monoisotopic (exact) mass is 228 g/mol. The molecule has 0 aromatic carbocycles. The van der Waals surface area contributed by atoms with Gasteiger partial charge in [0, 0.05) is 0 Å². The van der Waals surface area contributed by atoms with Crippen LogP contribution < -0.4 is 0 Å². The fraction of sp³-hybridized carbons (Fsp3) is 0.727. The van der Waals surface area contributed by atoms with Crippen LogP contribution in [0.25, 0.3) is 0 Å². The van der Waals surface area contributed by atoms with Crippen LogP contribution in [0.1, 0.15) is 27.7 Å². The number of hydrogen-bond donors (Lipinski definition) is 0. The Morgan fingerprint density at radius 1 is 1.25 bits per heavy atom. The van der Waals surface area contributed by atoms with Gasteiger partial charge in [-0.1, -0.05) is 0 Å². The molecule has 90 valence electrons. The van der Waals surface area contributed by atoms with E-state index in [9.17, 15) is 14.4 Å². The van der Waals surface area contributed by atoms with E-state index in [1.54, 1.807) is 27.7 Å². The van der Waals surface area contributed by atoms with E-state index in [0.717, 1.165) is 7.11 Å². The van der Waals surface area contributed by atoms with Gasteiger partial charge in [-0.15, -0.1) is 0 Å². The lowest BCUT2D eigenvalue weighted by Gasteiger charge is -2.24. The molecule has 0 aliphatic carbocycles. The number of Topliss-reactive ketones (excluding diaryl/α,β-unsaturated/α-hetero) is 2. The molecule has 16 heavy (non-hydrogen) atoms. The van der Waals surface area contributed by atoms with Crippen LogP contribution >= 0.6 is 0 Å². The maximum atomic E-state index is 12.0. The largest absolute Gasteiger partial charge is 0.463 e. The minimum Gasteiger partial charge on any atom is -0.463 e. The number of rotatable bonds is 2. The van der Waals surface area contributed by atoms with Crippen molar-refractivity contribution in [2.45, 2.75) is 38.9 Å². The molecule has 1 aliphatic rings. The molecule has 5 nitrogen and oxygen atoms in total. The van der Waals surface area contributed by atoms with Crippen molar-refractivity contribution in [3.8, 4) is 0 Å². The van der Waals surface area contributed by atoms with Crippen molar-refractivity contribution in [2.75, 3.05) is 7.11 Å². The Morgan fingerprint density at radius 2 is 1.75 bits per heavy atom. The summed E-state index contributed by atoms with van der Waals surface area (Å²) >= 11 is 0. The van der Waals surface area contributed by atoms with Crippen molar-refractivity contribution in [1.29, 1.82) is 0 Å². The van der Waals surface area contributed by atoms with E-state index in [1.807, 2.05) is 0 Å². The highest BCUT2D eigenvalue weighted by Crippen LogP contribution is 2.39. The topological polar surface area (TPSA) is 69.7 Å². The predicted octanol–water partition coefficient (Wildman–Crippen LogP) is 0.501. The van der Waals surface area contributed by atoms with E-state index in [0.29, 0.717) is 0 Å². The molecule has 1 fully saturated rings. The Balaban J connectivity index is 3.09. The Labute approximate surface area is 94.1 Å². The highest BCUT2D eigenvalue weighted by Gasteiger charge is 2.57. The lowest BCUT2D eigenvalue weighted by atomic mass is 9.83. The SMILES string of the molecule is COC(=O)C(=O)C1C(=O)C(C)(C)OC1(C)C. The molecule has 1 atom stereocenters. The first-order chi connectivity index (χ1) is 7.13. The zero-order valence-electron chi connectivity index (χ0n) is 10.1. The van der Waals surface area contributed by atoms with Crippen LogP contribution in [0.5, 0.6) is 0 Å². The summed E-state index contributed by atoms with van der Waals surface area (Å²) in [7, 11) is 1.11. The van der Waals surface area contributed by atoms with Gasteiger partial charge in [0.2, 0.25) is 0 Å². The second-order valence-corrected chi connectivity index (χ2v) is 4.87. The lowest BCUT2D eigenvalue weighted by Crippen LogP contribution is -2.41. The summed E-state index contributed by atoms with van der Waals surface area (Å²) in [4.78, 5) is 34.8. The van der Waals surface area contributed by atoms with Crippen molar-refractivity contribution >= 4 is 17.5 Å². The van der Waals surface area contributed by atoms with E-state index >= 15 is 0 Å². The predicted molar refractivity (Wildman–Crippen MR) is 54.8 cm³/mol. The molecule has 0 N–H and O–H groups in total. The minimum atomic E-state index is -1.09. The third kappa shape index (κ3) is 1.87. The number of esters is 1. The number of ether oxygens (including phenoxy) is 2. The Kier molecular flexibility index (Phi) is 2.94. The smallest absolute Gasteiger partial charge is 0.375 e. The third-order valence-electron chi connectivity index (χ3n) is 2.72. The van der Waals surface area contributed by atoms with Gasteiger partial charge in [0.1, 0.15) is 11.5 Å². The van der Waals surface area contributed by atoms with Gasteiger partial charge in [-0.2, -0.15) is 0 Å². The molecule has 0 bridgehead atoms. The second-order valence-electron chi connectivity index (χ2n) is 4.87.